The quantitative estimate of drug-likeness (QED) is 0.323. The predicted molar refractivity (Wildman–Crippen MR) is 116 cm³/mol. The fraction of sp³-hybridized carbons (Fsp3) is 0.611. The molecule has 1 N–H and O–H groups in total. The Kier molecular flexibility index (Phi) is 9.96. The van der Waals surface area contributed by atoms with E-state index in [2.05, 4.69) is 74.3 Å². The molecule has 0 fully saturated rings. The smallest absolute Gasteiger partial charge is 0.192 e. The number of nitrogens with zero attached hydrogens (tertiary/aromatic N) is 1. The van der Waals surface area contributed by atoms with Crippen molar-refractivity contribution in [2.75, 3.05) is 0 Å². The molecule has 136 valence electrons. The van der Waals surface area contributed by atoms with Gasteiger partial charge < -0.3 is 9.53 Å². The normalized spacial score (nSPS) is 15.0. The number of hydrogen-bond donors (Lipinski definition) is 1. The van der Waals surface area contributed by atoms with Crippen LogP contribution in [0.15, 0.2) is 20.6 Å². The molecule has 1 aromatic heterocycles. The van der Waals surface area contributed by atoms with E-state index in [-0.39, 0.29) is 12.7 Å². The maximum atomic E-state index is 9.19. The van der Waals surface area contributed by atoms with Crippen LogP contribution in [-0.2, 0) is 11.0 Å². The van der Waals surface area contributed by atoms with E-state index in [9.17, 15) is 5.11 Å². The van der Waals surface area contributed by atoms with E-state index in [1.165, 1.54) is 20.5 Å². The van der Waals surface area contributed by atoms with Gasteiger partial charge >= 0.3 is 0 Å². The molecule has 1 heterocycles. The number of halogens is 1. The lowest BCUT2D eigenvalue weighted by molar-refractivity contribution is 0.225. The Morgan fingerprint density at radius 3 is 2.42 bits per heavy atom. The summed E-state index contributed by atoms with van der Waals surface area (Å²) in [5, 5.41) is 11.9. The minimum atomic E-state index is -1.66. The molecule has 0 saturated heterocycles. The van der Waals surface area contributed by atoms with Gasteiger partial charge in [-0.25, -0.2) is 4.98 Å². The van der Waals surface area contributed by atoms with Crippen LogP contribution < -0.4 is 0 Å². The number of aliphatic hydroxyl groups is 1. The molecule has 0 aliphatic heterocycles. The SMILES string of the molecule is CC[Si](CC)(CC)OC(C/C=C(/C)I)/C(C)=C/c1csc(CO)n1. The highest BCUT2D eigenvalue weighted by molar-refractivity contribution is 14.1. The van der Waals surface area contributed by atoms with Crippen LogP contribution >= 0.6 is 33.9 Å². The standard InChI is InChI=1S/C18H30INO2SSi/c1-6-24(7-2,8-3)22-17(10-9-15(5)19)14(4)11-16-13-23-18(12-21)20-16/h9,11,13,17,21H,6-8,10,12H2,1-5H3/b14-11+,15-9-. The minimum Gasteiger partial charge on any atom is -0.410 e. The van der Waals surface area contributed by atoms with Crippen molar-refractivity contribution in [3.05, 3.63) is 31.3 Å². The number of thiazole rings is 1. The zero-order valence-electron chi connectivity index (χ0n) is 15.4. The summed E-state index contributed by atoms with van der Waals surface area (Å²) in [7, 11) is -1.66. The van der Waals surface area contributed by atoms with Gasteiger partial charge in [0.15, 0.2) is 8.32 Å². The van der Waals surface area contributed by atoms with Crippen molar-refractivity contribution in [3.8, 4) is 0 Å². The first-order valence-corrected chi connectivity index (χ1v) is 13.1. The first-order valence-electron chi connectivity index (χ1n) is 8.63. The Labute approximate surface area is 165 Å². The Morgan fingerprint density at radius 2 is 1.96 bits per heavy atom. The lowest BCUT2D eigenvalue weighted by Crippen LogP contribution is -2.40. The molecule has 24 heavy (non-hydrogen) atoms. The van der Waals surface area contributed by atoms with Crippen LogP contribution in [0.1, 0.15) is 51.7 Å². The van der Waals surface area contributed by atoms with Crippen LogP contribution in [-0.4, -0.2) is 24.5 Å². The van der Waals surface area contributed by atoms with E-state index in [4.69, 9.17) is 4.43 Å². The summed E-state index contributed by atoms with van der Waals surface area (Å²) in [6.07, 6.45) is 5.38. The minimum absolute atomic E-state index is 0.00573. The lowest BCUT2D eigenvalue weighted by Gasteiger charge is -2.33. The molecule has 1 unspecified atom stereocenters. The molecule has 0 aliphatic rings. The molecule has 0 aromatic carbocycles. The van der Waals surface area contributed by atoms with Crippen LogP contribution in [0, 0.1) is 0 Å². The summed E-state index contributed by atoms with van der Waals surface area (Å²) >= 11 is 3.85. The van der Waals surface area contributed by atoms with Crippen molar-refractivity contribution in [1.29, 1.82) is 0 Å². The van der Waals surface area contributed by atoms with Crippen LogP contribution in [0.4, 0.5) is 0 Å². The summed E-state index contributed by atoms with van der Waals surface area (Å²) in [5.41, 5.74) is 2.13. The Balaban J connectivity index is 3.04. The summed E-state index contributed by atoms with van der Waals surface area (Å²) in [6, 6.07) is 3.46. The van der Waals surface area contributed by atoms with Gasteiger partial charge in [0.25, 0.3) is 0 Å². The monoisotopic (exact) mass is 479 g/mol. The average molecular weight is 480 g/mol. The first-order chi connectivity index (χ1) is 11.4. The molecule has 3 nitrogen and oxygen atoms in total. The number of hydrogen-bond acceptors (Lipinski definition) is 4. The highest BCUT2D eigenvalue weighted by Gasteiger charge is 2.32. The molecular formula is C18H30INO2SSi. The van der Waals surface area contributed by atoms with Crippen LogP contribution in [0.5, 0.6) is 0 Å². The highest BCUT2D eigenvalue weighted by atomic mass is 127. The van der Waals surface area contributed by atoms with Crippen molar-refractivity contribution >= 4 is 48.3 Å². The van der Waals surface area contributed by atoms with Crippen molar-refractivity contribution in [2.45, 2.75) is 71.9 Å². The first kappa shape index (κ1) is 22.0. The van der Waals surface area contributed by atoms with E-state index in [1.54, 1.807) is 0 Å². The van der Waals surface area contributed by atoms with Crippen LogP contribution in [0.25, 0.3) is 6.08 Å². The summed E-state index contributed by atoms with van der Waals surface area (Å²) < 4.78 is 8.05. The van der Waals surface area contributed by atoms with Gasteiger partial charge in [-0.05, 0) is 76.2 Å². The van der Waals surface area contributed by atoms with E-state index in [1.807, 2.05) is 5.38 Å². The van der Waals surface area contributed by atoms with Gasteiger partial charge in [0, 0.05) is 5.38 Å². The highest BCUT2D eigenvalue weighted by Crippen LogP contribution is 2.28. The van der Waals surface area contributed by atoms with E-state index >= 15 is 0 Å². The molecule has 1 aromatic rings. The molecule has 1 atom stereocenters. The summed E-state index contributed by atoms with van der Waals surface area (Å²) in [6.45, 7) is 11.1. The zero-order chi connectivity index (χ0) is 18.2. The Bertz CT molecular complexity index is 555. The molecule has 6 heteroatoms. The molecule has 0 radical (unpaired) electrons. The van der Waals surface area contributed by atoms with Gasteiger partial charge in [0.2, 0.25) is 0 Å². The lowest BCUT2D eigenvalue weighted by atomic mass is 10.1. The average Bonchev–Trinajstić information content (AvgIpc) is 3.03. The zero-order valence-corrected chi connectivity index (χ0v) is 19.4. The third kappa shape index (κ3) is 6.71. The Morgan fingerprint density at radius 1 is 1.33 bits per heavy atom. The molecule has 0 bridgehead atoms. The maximum Gasteiger partial charge on any atom is 0.192 e. The van der Waals surface area contributed by atoms with Crippen LogP contribution in [0.3, 0.4) is 0 Å². The van der Waals surface area contributed by atoms with Gasteiger partial charge in [-0.1, -0.05) is 26.8 Å². The van der Waals surface area contributed by atoms with Crippen LogP contribution in [0.2, 0.25) is 18.1 Å². The Hall–Kier alpha value is -0.0231. The van der Waals surface area contributed by atoms with Crippen molar-refractivity contribution in [1.82, 2.24) is 4.98 Å². The van der Waals surface area contributed by atoms with Gasteiger partial charge in [-0.15, -0.1) is 11.3 Å². The molecule has 0 saturated carbocycles. The third-order valence-corrected chi connectivity index (χ3v) is 10.5. The van der Waals surface area contributed by atoms with Gasteiger partial charge in [-0.2, -0.15) is 0 Å². The van der Waals surface area contributed by atoms with Crippen molar-refractivity contribution < 1.29 is 9.53 Å². The molecular weight excluding hydrogens is 449 g/mol. The molecule has 0 aliphatic carbocycles. The summed E-state index contributed by atoms with van der Waals surface area (Å²) in [4.78, 5) is 4.43. The number of aliphatic hydroxyl groups excluding tert-OH is 1. The van der Waals surface area contributed by atoms with Gasteiger partial charge in [0.05, 0.1) is 18.4 Å². The van der Waals surface area contributed by atoms with E-state index in [0.717, 1.165) is 35.3 Å². The summed E-state index contributed by atoms with van der Waals surface area (Å²) in [5.74, 6) is 0. The molecule has 0 spiro atoms. The second-order valence-electron chi connectivity index (χ2n) is 6.09. The molecule has 1 rings (SSSR count). The van der Waals surface area contributed by atoms with E-state index in [0.29, 0.717) is 0 Å². The van der Waals surface area contributed by atoms with Gasteiger partial charge in [0.1, 0.15) is 5.01 Å². The fourth-order valence-corrected chi connectivity index (χ4v) is 6.44. The molecule has 0 amide bonds. The van der Waals surface area contributed by atoms with Gasteiger partial charge in [-0.3, -0.25) is 0 Å². The topological polar surface area (TPSA) is 42.4 Å². The number of allylic oxidation sites excluding steroid dienone is 1. The number of aromatic nitrogens is 1. The number of rotatable bonds is 10. The van der Waals surface area contributed by atoms with Crippen molar-refractivity contribution in [3.63, 3.8) is 0 Å². The third-order valence-electron chi connectivity index (χ3n) is 4.53. The van der Waals surface area contributed by atoms with Crippen molar-refractivity contribution in [2.24, 2.45) is 0 Å². The predicted octanol–water partition coefficient (Wildman–Crippen LogP) is 6.16. The fourth-order valence-electron chi connectivity index (χ4n) is 2.69. The second-order valence-corrected chi connectivity index (χ2v) is 13.5. The van der Waals surface area contributed by atoms with E-state index < -0.39 is 8.32 Å². The maximum absolute atomic E-state index is 9.19. The largest absolute Gasteiger partial charge is 0.410 e. The second kappa shape index (κ2) is 10.9.